The molecule has 6 N–H and O–H groups in total. The average molecular weight is 1060 g/mol. The summed E-state index contributed by atoms with van der Waals surface area (Å²) in [7, 11) is 0. The van der Waals surface area contributed by atoms with Crippen LogP contribution in [0.3, 0.4) is 0 Å². The summed E-state index contributed by atoms with van der Waals surface area (Å²) in [6.07, 6.45) is 76.6. The van der Waals surface area contributed by atoms with Gasteiger partial charge in [-0.15, -0.1) is 0 Å². The van der Waals surface area contributed by atoms with E-state index >= 15 is 0 Å². The summed E-state index contributed by atoms with van der Waals surface area (Å²) in [6, 6.07) is -0.840. The normalized spacial score (nSPS) is 19.8. The molecule has 9 nitrogen and oxygen atoms in total. The molecule has 432 valence electrons. The van der Waals surface area contributed by atoms with Crippen LogP contribution in [0.2, 0.25) is 0 Å². The first-order valence-electron chi connectivity index (χ1n) is 30.4. The van der Waals surface area contributed by atoms with Gasteiger partial charge in [-0.25, -0.2) is 0 Å². The van der Waals surface area contributed by atoms with Crippen molar-refractivity contribution >= 4 is 5.91 Å². The monoisotopic (exact) mass is 1060 g/mol. The number of hydrogen-bond acceptors (Lipinski definition) is 8. The molecule has 0 radical (unpaired) electrons. The fourth-order valence-corrected chi connectivity index (χ4v) is 8.67. The van der Waals surface area contributed by atoms with Crippen molar-refractivity contribution in [2.45, 2.75) is 269 Å². The van der Waals surface area contributed by atoms with E-state index in [4.69, 9.17) is 9.47 Å². The molecule has 1 rings (SSSR count). The van der Waals surface area contributed by atoms with E-state index in [1.54, 1.807) is 6.08 Å². The van der Waals surface area contributed by atoms with Gasteiger partial charge < -0.3 is 40.3 Å². The number of ether oxygens (including phenoxy) is 2. The number of amides is 1. The fraction of sp³-hybridized carbons (Fsp3) is 0.657. The highest BCUT2D eigenvalue weighted by Crippen LogP contribution is 2.23. The molecule has 1 saturated heterocycles. The summed E-state index contributed by atoms with van der Waals surface area (Å²) >= 11 is 0. The molecule has 0 bridgehead atoms. The highest BCUT2D eigenvalue weighted by Gasteiger charge is 2.44. The molecule has 1 heterocycles. The maximum Gasteiger partial charge on any atom is 0.220 e. The summed E-state index contributed by atoms with van der Waals surface area (Å²) in [5, 5.41) is 54.5. The summed E-state index contributed by atoms with van der Waals surface area (Å²) in [5.74, 6) is -0.201. The van der Waals surface area contributed by atoms with Gasteiger partial charge in [0.05, 0.1) is 25.4 Å². The average Bonchev–Trinajstić information content (AvgIpc) is 3.42. The van der Waals surface area contributed by atoms with Gasteiger partial charge in [0.25, 0.3) is 0 Å². The van der Waals surface area contributed by atoms with Crippen LogP contribution in [0, 0.1) is 0 Å². The lowest BCUT2D eigenvalue weighted by Gasteiger charge is -2.40. The Bertz CT molecular complexity index is 1650. The number of unbranched alkanes of at least 4 members (excludes halogenated alkanes) is 20. The highest BCUT2D eigenvalue weighted by molar-refractivity contribution is 5.76. The Morgan fingerprint density at radius 2 is 0.829 bits per heavy atom. The molecule has 0 saturated carbocycles. The summed E-state index contributed by atoms with van der Waals surface area (Å²) in [6.45, 7) is 3.63. The largest absolute Gasteiger partial charge is 0.394 e. The molecule has 0 aliphatic carbocycles. The molecule has 1 fully saturated rings. The number of carbonyl (C=O) groups excluding carboxylic acids is 1. The van der Waals surface area contributed by atoms with Crippen LogP contribution >= 0.6 is 0 Å². The zero-order valence-electron chi connectivity index (χ0n) is 48.0. The Labute approximate surface area is 464 Å². The second kappa shape index (κ2) is 54.7. The molecule has 1 aliphatic heterocycles. The molecule has 76 heavy (non-hydrogen) atoms. The number of rotatable bonds is 50. The molecular weight excluding hydrogens is 947 g/mol. The van der Waals surface area contributed by atoms with Crippen LogP contribution in [-0.2, 0) is 14.3 Å². The van der Waals surface area contributed by atoms with E-state index in [0.717, 1.165) is 116 Å². The predicted octanol–water partition coefficient (Wildman–Crippen LogP) is 15.7. The van der Waals surface area contributed by atoms with E-state index < -0.39 is 49.5 Å². The van der Waals surface area contributed by atoms with Crippen LogP contribution in [0.1, 0.15) is 226 Å². The van der Waals surface area contributed by atoms with Gasteiger partial charge in [-0.05, 0) is 109 Å². The summed E-state index contributed by atoms with van der Waals surface area (Å²) in [4.78, 5) is 13.1. The smallest absolute Gasteiger partial charge is 0.220 e. The van der Waals surface area contributed by atoms with Gasteiger partial charge in [0.2, 0.25) is 5.91 Å². The van der Waals surface area contributed by atoms with Crippen LogP contribution in [0.5, 0.6) is 0 Å². The van der Waals surface area contributed by atoms with Crippen molar-refractivity contribution in [1.82, 2.24) is 5.32 Å². The van der Waals surface area contributed by atoms with Crippen LogP contribution in [0.25, 0.3) is 0 Å². The van der Waals surface area contributed by atoms with Gasteiger partial charge in [0.15, 0.2) is 6.29 Å². The lowest BCUT2D eigenvalue weighted by atomic mass is 9.99. The number of hydrogen-bond donors (Lipinski definition) is 6. The SMILES string of the molecule is CC/C=C\C/C=C\C/C=C\C/C=C\C/C=C\C/C=C\C/C=C\C/C=C\CCCCCCCCCCCCC(=O)NC(COC1OC(CO)C(O)C(O)C1O)C(O)/C=C/CC/C=C/CC/C=C/CCCCCCCCCC. The standard InChI is InChI=1S/C67H111NO8/c1-3-5-7-9-11-13-15-17-19-21-23-24-25-26-27-28-29-30-31-32-33-34-35-36-37-38-39-41-43-45-47-49-51-53-55-57-63(71)68-60(59-75-67-66(74)65(73)64(72)62(58-69)76-67)61(70)56-54-52-50-48-46-44-42-40-22-20-18-16-14-12-10-8-6-4-2/h5,7,11,13,17,19,22-24,26-27,29-30,32-33,35-36,40,46,48,54,56,60-62,64-67,69-70,72-74H,3-4,6,8-10,12,14-16,18,20-21,25,28,31,34,37-39,41-45,47,49-53,55,57-59H2,1-2H3,(H,68,71)/b7-5-,13-11-,19-17-,24-23-,27-26-,30-29-,33-32-,36-35-,40-22+,48-46+,56-54+. The Balaban J connectivity index is 2.22. The van der Waals surface area contributed by atoms with Gasteiger partial charge in [-0.2, -0.15) is 0 Å². The van der Waals surface area contributed by atoms with Crippen LogP contribution < -0.4 is 5.32 Å². The zero-order chi connectivity index (χ0) is 55.0. The van der Waals surface area contributed by atoms with E-state index in [9.17, 15) is 30.3 Å². The molecule has 0 aromatic rings. The summed E-state index contributed by atoms with van der Waals surface area (Å²) < 4.78 is 11.3. The van der Waals surface area contributed by atoms with Crippen LogP contribution in [-0.4, -0.2) is 87.5 Å². The van der Waals surface area contributed by atoms with Crippen molar-refractivity contribution in [1.29, 1.82) is 0 Å². The third kappa shape index (κ3) is 43.3. The minimum absolute atomic E-state index is 0.201. The van der Waals surface area contributed by atoms with Crippen molar-refractivity contribution in [3.05, 3.63) is 134 Å². The van der Waals surface area contributed by atoms with Crippen LogP contribution in [0.15, 0.2) is 134 Å². The lowest BCUT2D eigenvalue weighted by Crippen LogP contribution is -2.60. The van der Waals surface area contributed by atoms with Crippen LogP contribution in [0.4, 0.5) is 0 Å². The van der Waals surface area contributed by atoms with E-state index in [-0.39, 0.29) is 12.5 Å². The van der Waals surface area contributed by atoms with Gasteiger partial charge in [0.1, 0.15) is 24.4 Å². The Kier molecular flexibility index (Phi) is 50.6. The zero-order valence-corrected chi connectivity index (χ0v) is 48.0. The molecule has 0 aromatic heterocycles. The van der Waals surface area contributed by atoms with Gasteiger partial charge in [-0.1, -0.05) is 244 Å². The summed E-state index contributed by atoms with van der Waals surface area (Å²) in [5.41, 5.74) is 0. The minimum atomic E-state index is -1.58. The number of aliphatic hydroxyl groups is 5. The quantitative estimate of drug-likeness (QED) is 0.0261. The molecular formula is C67H111NO8. The second-order valence-corrected chi connectivity index (χ2v) is 20.4. The third-order valence-electron chi connectivity index (χ3n) is 13.4. The van der Waals surface area contributed by atoms with Crippen molar-refractivity contribution in [3.8, 4) is 0 Å². The fourth-order valence-electron chi connectivity index (χ4n) is 8.67. The van der Waals surface area contributed by atoms with Gasteiger partial charge in [-0.3, -0.25) is 4.79 Å². The topological polar surface area (TPSA) is 149 Å². The predicted molar refractivity (Wildman–Crippen MR) is 322 cm³/mol. The maximum absolute atomic E-state index is 13.1. The minimum Gasteiger partial charge on any atom is -0.394 e. The molecule has 7 atom stereocenters. The van der Waals surface area contributed by atoms with Crippen molar-refractivity contribution < 1.29 is 39.8 Å². The second-order valence-electron chi connectivity index (χ2n) is 20.4. The molecule has 0 aromatic carbocycles. The van der Waals surface area contributed by atoms with Crippen molar-refractivity contribution in [3.63, 3.8) is 0 Å². The number of aliphatic hydroxyl groups excluding tert-OH is 5. The maximum atomic E-state index is 13.1. The Hall–Kier alpha value is -3.67. The highest BCUT2D eigenvalue weighted by atomic mass is 16.7. The Morgan fingerprint density at radius 3 is 1.26 bits per heavy atom. The Morgan fingerprint density at radius 1 is 0.461 bits per heavy atom. The molecule has 0 spiro atoms. The third-order valence-corrected chi connectivity index (χ3v) is 13.4. The van der Waals surface area contributed by atoms with Crippen molar-refractivity contribution in [2.24, 2.45) is 0 Å². The number of nitrogens with one attached hydrogen (secondary N) is 1. The number of allylic oxidation sites excluding steroid dienone is 21. The first-order valence-corrected chi connectivity index (χ1v) is 30.4. The number of carbonyl (C=O) groups is 1. The molecule has 1 amide bonds. The van der Waals surface area contributed by atoms with Crippen molar-refractivity contribution in [2.75, 3.05) is 13.2 Å². The molecule has 7 unspecified atom stereocenters. The first-order chi connectivity index (χ1) is 37.3. The van der Waals surface area contributed by atoms with E-state index in [1.807, 2.05) is 6.08 Å². The van der Waals surface area contributed by atoms with E-state index in [0.29, 0.717) is 6.42 Å². The molecule has 9 heteroatoms. The van der Waals surface area contributed by atoms with Gasteiger partial charge >= 0.3 is 0 Å². The van der Waals surface area contributed by atoms with E-state index in [2.05, 4.69) is 141 Å². The van der Waals surface area contributed by atoms with Gasteiger partial charge in [0, 0.05) is 6.42 Å². The first kappa shape index (κ1) is 70.3. The van der Waals surface area contributed by atoms with E-state index in [1.165, 1.54) is 89.9 Å². The lowest BCUT2D eigenvalue weighted by molar-refractivity contribution is -0.302. The molecule has 1 aliphatic rings.